The molecule has 0 unspecified atom stereocenters. The third kappa shape index (κ3) is 2.97. The van der Waals surface area contributed by atoms with Crippen LogP contribution in [-0.2, 0) is 9.59 Å². The number of hydrogen-bond donors (Lipinski definition) is 1. The molecular weight excluding hydrogens is 206 g/mol. The van der Waals surface area contributed by atoms with Crippen LogP contribution in [0.5, 0.6) is 0 Å². The highest BCUT2D eigenvalue weighted by atomic mass is 16.4. The maximum absolute atomic E-state index is 12.1. The van der Waals surface area contributed by atoms with Crippen LogP contribution in [0.2, 0.25) is 0 Å². The Morgan fingerprint density at radius 2 is 1.94 bits per heavy atom. The summed E-state index contributed by atoms with van der Waals surface area (Å²) in [5.41, 5.74) is -1.30. The van der Waals surface area contributed by atoms with Gasteiger partial charge in [-0.2, -0.15) is 0 Å². The molecule has 0 aromatic heterocycles. The number of rotatable bonds is 6. The van der Waals surface area contributed by atoms with Crippen molar-refractivity contribution in [2.75, 3.05) is 13.1 Å². The Morgan fingerprint density at radius 3 is 2.31 bits per heavy atom. The predicted molar refractivity (Wildman–Crippen MR) is 61.0 cm³/mol. The number of nitrogens with zero attached hydrogens (tertiary/aromatic N) is 1. The van der Waals surface area contributed by atoms with Gasteiger partial charge in [0.05, 0.1) is 0 Å². The molecule has 1 saturated carbocycles. The first-order valence-corrected chi connectivity index (χ1v) is 5.92. The maximum Gasteiger partial charge on any atom is 0.318 e. The van der Waals surface area contributed by atoms with Gasteiger partial charge in [-0.05, 0) is 39.0 Å². The summed E-state index contributed by atoms with van der Waals surface area (Å²) in [5, 5.41) is 9.03. The molecule has 1 amide bonds. The zero-order chi connectivity index (χ0) is 12.3. The zero-order valence-corrected chi connectivity index (χ0v) is 10.3. The first kappa shape index (κ1) is 13.0. The van der Waals surface area contributed by atoms with Crippen molar-refractivity contribution in [3.8, 4) is 0 Å². The van der Waals surface area contributed by atoms with Crippen LogP contribution >= 0.6 is 0 Å². The molecule has 0 aliphatic heterocycles. The number of carbonyl (C=O) groups excluding carboxylic acids is 1. The fourth-order valence-corrected chi connectivity index (χ4v) is 1.64. The number of hydrogen-bond acceptors (Lipinski definition) is 2. The second kappa shape index (κ2) is 4.85. The highest BCUT2D eigenvalue weighted by molar-refractivity contribution is 6.00. The van der Waals surface area contributed by atoms with Gasteiger partial charge in [0.2, 0.25) is 5.91 Å². The van der Waals surface area contributed by atoms with E-state index in [0.29, 0.717) is 12.5 Å². The lowest BCUT2D eigenvalue weighted by molar-refractivity contribution is -0.158. The zero-order valence-electron chi connectivity index (χ0n) is 10.3. The summed E-state index contributed by atoms with van der Waals surface area (Å²) in [6.07, 6.45) is 3.20. The highest BCUT2D eigenvalue weighted by Crippen LogP contribution is 2.31. The first-order valence-electron chi connectivity index (χ1n) is 5.92. The molecule has 0 radical (unpaired) electrons. The quantitative estimate of drug-likeness (QED) is 0.703. The van der Waals surface area contributed by atoms with Crippen LogP contribution in [0.1, 0.15) is 40.0 Å². The van der Waals surface area contributed by atoms with Crippen molar-refractivity contribution < 1.29 is 14.7 Å². The van der Waals surface area contributed by atoms with E-state index in [1.807, 2.05) is 6.92 Å². The predicted octanol–water partition coefficient (Wildman–Crippen LogP) is 1.75. The van der Waals surface area contributed by atoms with Gasteiger partial charge in [0.1, 0.15) is 5.41 Å². The Morgan fingerprint density at radius 1 is 1.38 bits per heavy atom. The molecule has 92 valence electrons. The van der Waals surface area contributed by atoms with Crippen LogP contribution in [0.3, 0.4) is 0 Å². The second-order valence-corrected chi connectivity index (χ2v) is 5.12. The smallest absolute Gasteiger partial charge is 0.318 e. The highest BCUT2D eigenvalue weighted by Gasteiger charge is 2.40. The molecule has 0 spiro atoms. The van der Waals surface area contributed by atoms with Crippen LogP contribution in [0.25, 0.3) is 0 Å². The van der Waals surface area contributed by atoms with Gasteiger partial charge in [-0.3, -0.25) is 9.59 Å². The standard InChI is InChI=1S/C12H21NO3/c1-4-7-13(8-9-5-6-9)10(14)12(2,3)11(15)16/h9H,4-8H2,1-3H3,(H,15,16). The SMILES string of the molecule is CCCN(CC1CC1)C(=O)C(C)(C)C(=O)O. The van der Waals surface area contributed by atoms with E-state index in [0.717, 1.165) is 13.0 Å². The number of carboxylic acids is 1. The summed E-state index contributed by atoms with van der Waals surface area (Å²) in [6.45, 7) is 6.34. The van der Waals surface area contributed by atoms with Crippen molar-refractivity contribution in [3.05, 3.63) is 0 Å². The van der Waals surface area contributed by atoms with Gasteiger partial charge >= 0.3 is 5.97 Å². The van der Waals surface area contributed by atoms with Gasteiger partial charge in [0.25, 0.3) is 0 Å². The minimum atomic E-state index is -1.30. The Bertz CT molecular complexity index is 282. The third-order valence-corrected chi connectivity index (χ3v) is 3.03. The monoisotopic (exact) mass is 227 g/mol. The molecule has 0 atom stereocenters. The molecule has 1 aliphatic rings. The van der Waals surface area contributed by atoms with Gasteiger partial charge in [-0.15, -0.1) is 0 Å². The fraction of sp³-hybridized carbons (Fsp3) is 0.833. The van der Waals surface area contributed by atoms with Crippen LogP contribution < -0.4 is 0 Å². The van der Waals surface area contributed by atoms with E-state index in [2.05, 4.69) is 0 Å². The number of amides is 1. The Hall–Kier alpha value is -1.06. The molecule has 0 bridgehead atoms. The van der Waals surface area contributed by atoms with Crippen molar-refractivity contribution in [1.82, 2.24) is 4.90 Å². The lowest BCUT2D eigenvalue weighted by atomic mass is 9.91. The number of carboxylic acid groups (broad SMARTS) is 1. The van der Waals surface area contributed by atoms with E-state index in [-0.39, 0.29) is 5.91 Å². The van der Waals surface area contributed by atoms with Crippen molar-refractivity contribution >= 4 is 11.9 Å². The Kier molecular flexibility index (Phi) is 3.94. The van der Waals surface area contributed by atoms with Crippen LogP contribution in [0.4, 0.5) is 0 Å². The summed E-state index contributed by atoms with van der Waals surface area (Å²) in [6, 6.07) is 0. The molecule has 4 heteroatoms. The number of carbonyl (C=O) groups is 2. The summed E-state index contributed by atoms with van der Waals surface area (Å²) in [5.74, 6) is -0.705. The summed E-state index contributed by atoms with van der Waals surface area (Å²) < 4.78 is 0. The fourth-order valence-electron chi connectivity index (χ4n) is 1.64. The lowest BCUT2D eigenvalue weighted by Gasteiger charge is -2.29. The van der Waals surface area contributed by atoms with Crippen molar-refractivity contribution in [1.29, 1.82) is 0 Å². The van der Waals surface area contributed by atoms with Crippen LogP contribution in [0.15, 0.2) is 0 Å². The Balaban J connectivity index is 2.68. The molecule has 1 N–H and O–H groups in total. The van der Waals surface area contributed by atoms with Gasteiger partial charge in [-0.1, -0.05) is 6.92 Å². The Labute approximate surface area is 96.6 Å². The molecule has 0 saturated heterocycles. The number of aliphatic carboxylic acids is 1. The van der Waals surface area contributed by atoms with E-state index in [1.54, 1.807) is 4.90 Å². The molecule has 1 aliphatic carbocycles. The van der Waals surface area contributed by atoms with Crippen LogP contribution in [-0.4, -0.2) is 35.0 Å². The van der Waals surface area contributed by atoms with E-state index in [1.165, 1.54) is 26.7 Å². The van der Waals surface area contributed by atoms with Crippen LogP contribution in [0, 0.1) is 11.3 Å². The minimum Gasteiger partial charge on any atom is -0.480 e. The van der Waals surface area contributed by atoms with E-state index < -0.39 is 11.4 Å². The van der Waals surface area contributed by atoms with Crippen molar-refractivity contribution in [2.24, 2.45) is 11.3 Å². The van der Waals surface area contributed by atoms with Crippen molar-refractivity contribution in [3.63, 3.8) is 0 Å². The van der Waals surface area contributed by atoms with E-state index in [4.69, 9.17) is 5.11 Å². The minimum absolute atomic E-state index is 0.256. The largest absolute Gasteiger partial charge is 0.480 e. The van der Waals surface area contributed by atoms with E-state index in [9.17, 15) is 9.59 Å². The normalized spacial score (nSPS) is 15.9. The molecule has 0 heterocycles. The molecule has 1 rings (SSSR count). The van der Waals surface area contributed by atoms with Gasteiger partial charge in [-0.25, -0.2) is 0 Å². The van der Waals surface area contributed by atoms with Gasteiger partial charge in [0, 0.05) is 13.1 Å². The average molecular weight is 227 g/mol. The summed E-state index contributed by atoms with van der Waals surface area (Å²) in [4.78, 5) is 24.8. The molecule has 0 aromatic carbocycles. The van der Waals surface area contributed by atoms with Crippen molar-refractivity contribution in [2.45, 2.75) is 40.0 Å². The molecule has 16 heavy (non-hydrogen) atoms. The first-order chi connectivity index (χ1) is 7.39. The molecular formula is C12H21NO3. The maximum atomic E-state index is 12.1. The van der Waals surface area contributed by atoms with Gasteiger partial charge < -0.3 is 10.0 Å². The molecule has 0 aromatic rings. The molecule has 1 fully saturated rings. The summed E-state index contributed by atoms with van der Waals surface area (Å²) in [7, 11) is 0. The van der Waals surface area contributed by atoms with E-state index >= 15 is 0 Å². The molecule has 4 nitrogen and oxygen atoms in total. The average Bonchev–Trinajstić information content (AvgIpc) is 2.99. The second-order valence-electron chi connectivity index (χ2n) is 5.12. The summed E-state index contributed by atoms with van der Waals surface area (Å²) >= 11 is 0. The lowest BCUT2D eigenvalue weighted by Crippen LogP contribution is -2.46. The topological polar surface area (TPSA) is 57.6 Å². The third-order valence-electron chi connectivity index (χ3n) is 3.03. The van der Waals surface area contributed by atoms with Gasteiger partial charge in [0.15, 0.2) is 0 Å².